The zero-order valence-corrected chi connectivity index (χ0v) is 12.9. The van der Waals surface area contributed by atoms with E-state index in [1.807, 2.05) is 6.92 Å². The number of carbonyl (C=O) groups excluding carboxylic acids is 1. The summed E-state index contributed by atoms with van der Waals surface area (Å²) < 4.78 is 22.7. The lowest BCUT2D eigenvalue weighted by Crippen LogP contribution is -2.50. The molecule has 2 fully saturated rings. The van der Waals surface area contributed by atoms with Crippen LogP contribution in [0.1, 0.15) is 26.2 Å². The van der Waals surface area contributed by atoms with E-state index in [-0.39, 0.29) is 35.4 Å². The Morgan fingerprint density at radius 1 is 1.33 bits per heavy atom. The zero-order valence-electron chi connectivity index (χ0n) is 12.1. The van der Waals surface area contributed by atoms with E-state index in [9.17, 15) is 18.0 Å². The van der Waals surface area contributed by atoms with Gasteiger partial charge in [-0.1, -0.05) is 0 Å². The Morgan fingerprint density at radius 2 is 2.05 bits per heavy atom. The Labute approximate surface area is 124 Å². The smallest absolute Gasteiger partial charge is 0.317 e. The molecule has 0 bridgehead atoms. The highest BCUT2D eigenvalue weighted by Crippen LogP contribution is 2.23. The van der Waals surface area contributed by atoms with E-state index < -0.39 is 15.8 Å². The Morgan fingerprint density at radius 3 is 2.57 bits per heavy atom. The summed E-state index contributed by atoms with van der Waals surface area (Å²) in [5.74, 6) is -0.856. The van der Waals surface area contributed by atoms with Gasteiger partial charge in [0.15, 0.2) is 9.84 Å². The highest BCUT2D eigenvalue weighted by atomic mass is 32.2. The third kappa shape index (κ3) is 4.09. The second-order valence-corrected chi connectivity index (χ2v) is 8.29. The van der Waals surface area contributed by atoms with Gasteiger partial charge in [-0.25, -0.2) is 13.2 Å². The maximum Gasteiger partial charge on any atom is 0.317 e. The van der Waals surface area contributed by atoms with E-state index in [0.29, 0.717) is 32.4 Å². The Hall–Kier alpha value is -1.31. The van der Waals surface area contributed by atoms with Gasteiger partial charge in [0.25, 0.3) is 0 Å². The molecule has 0 spiro atoms. The molecule has 2 N–H and O–H groups in total. The Bertz CT molecular complexity index is 519. The van der Waals surface area contributed by atoms with E-state index >= 15 is 0 Å². The molecule has 3 unspecified atom stereocenters. The number of amides is 2. The molecule has 2 aliphatic heterocycles. The molecule has 0 aromatic heterocycles. The summed E-state index contributed by atoms with van der Waals surface area (Å²) in [7, 11) is -2.93. The van der Waals surface area contributed by atoms with Gasteiger partial charge < -0.3 is 15.3 Å². The maximum absolute atomic E-state index is 12.1. The van der Waals surface area contributed by atoms with Crippen molar-refractivity contribution in [3.8, 4) is 0 Å². The van der Waals surface area contributed by atoms with Crippen molar-refractivity contribution in [3.63, 3.8) is 0 Å². The monoisotopic (exact) mass is 318 g/mol. The number of sulfone groups is 1. The highest BCUT2D eigenvalue weighted by Gasteiger charge is 2.33. The van der Waals surface area contributed by atoms with Crippen molar-refractivity contribution in [2.45, 2.75) is 32.2 Å². The van der Waals surface area contributed by atoms with Gasteiger partial charge in [-0.3, -0.25) is 4.79 Å². The number of carbonyl (C=O) groups is 2. The molecule has 0 saturated carbocycles. The Balaban J connectivity index is 1.80. The number of rotatable bonds is 3. The fourth-order valence-electron chi connectivity index (χ4n) is 3.06. The number of aliphatic carboxylic acids is 1. The largest absolute Gasteiger partial charge is 0.481 e. The number of hydrogen-bond acceptors (Lipinski definition) is 4. The molecule has 0 aromatic carbocycles. The van der Waals surface area contributed by atoms with Crippen LogP contribution >= 0.6 is 0 Å². The SMILES string of the molecule is CC1CC(C(=O)O)CCN1C(=O)NCC1CCS(=O)(=O)C1. The Kier molecular flexibility index (Phi) is 4.75. The quantitative estimate of drug-likeness (QED) is 0.780. The fraction of sp³-hybridized carbons (Fsp3) is 0.846. The summed E-state index contributed by atoms with van der Waals surface area (Å²) in [6.45, 7) is 2.63. The molecule has 2 rings (SSSR count). The second-order valence-electron chi connectivity index (χ2n) is 6.06. The first-order valence-electron chi connectivity index (χ1n) is 7.26. The number of carboxylic acids is 1. The zero-order chi connectivity index (χ0) is 15.6. The molecule has 3 atom stereocenters. The van der Waals surface area contributed by atoms with Crippen LogP contribution in [0, 0.1) is 11.8 Å². The van der Waals surface area contributed by atoms with Gasteiger partial charge in [-0.05, 0) is 32.1 Å². The fourth-order valence-corrected chi connectivity index (χ4v) is 4.93. The molecule has 0 aliphatic carbocycles. The average molecular weight is 318 g/mol. The predicted molar refractivity (Wildman–Crippen MR) is 76.7 cm³/mol. The van der Waals surface area contributed by atoms with Crippen LogP contribution in [-0.2, 0) is 14.6 Å². The second kappa shape index (κ2) is 6.21. The minimum absolute atomic E-state index is 0.00850. The molecule has 2 amide bonds. The van der Waals surface area contributed by atoms with Crippen molar-refractivity contribution in [1.29, 1.82) is 0 Å². The van der Waals surface area contributed by atoms with Gasteiger partial charge in [0.05, 0.1) is 17.4 Å². The lowest BCUT2D eigenvalue weighted by Gasteiger charge is -2.36. The predicted octanol–water partition coefficient (Wildman–Crippen LogP) is 0.316. The van der Waals surface area contributed by atoms with E-state index in [1.165, 1.54) is 0 Å². The minimum atomic E-state index is -2.93. The third-order valence-corrected chi connectivity index (χ3v) is 6.19. The van der Waals surface area contributed by atoms with Crippen molar-refractivity contribution in [2.24, 2.45) is 11.8 Å². The maximum atomic E-state index is 12.1. The topological polar surface area (TPSA) is 104 Å². The number of urea groups is 1. The van der Waals surface area contributed by atoms with Crippen LogP contribution in [-0.4, -0.2) is 61.1 Å². The molecular weight excluding hydrogens is 296 g/mol. The van der Waals surface area contributed by atoms with Gasteiger partial charge in [0.2, 0.25) is 0 Å². The average Bonchev–Trinajstić information content (AvgIpc) is 2.75. The van der Waals surface area contributed by atoms with E-state index in [2.05, 4.69) is 5.32 Å². The summed E-state index contributed by atoms with van der Waals surface area (Å²) in [6, 6.07) is -0.345. The van der Waals surface area contributed by atoms with Gasteiger partial charge in [0.1, 0.15) is 0 Å². The van der Waals surface area contributed by atoms with Crippen molar-refractivity contribution >= 4 is 21.8 Å². The molecule has 8 heteroatoms. The highest BCUT2D eigenvalue weighted by molar-refractivity contribution is 7.91. The number of hydrogen-bond donors (Lipinski definition) is 2. The number of nitrogens with zero attached hydrogens (tertiary/aromatic N) is 1. The van der Waals surface area contributed by atoms with Gasteiger partial charge in [0, 0.05) is 19.1 Å². The lowest BCUT2D eigenvalue weighted by atomic mass is 9.92. The molecule has 2 heterocycles. The standard InChI is InChI=1S/C13H22N2O5S/c1-9-6-11(12(16)17)2-4-15(9)13(18)14-7-10-3-5-21(19,20)8-10/h9-11H,2-8H2,1H3,(H,14,18)(H,16,17). The van der Waals surface area contributed by atoms with E-state index in [4.69, 9.17) is 5.11 Å². The molecule has 0 radical (unpaired) electrons. The number of piperidine rings is 1. The summed E-state index contributed by atoms with van der Waals surface area (Å²) in [5.41, 5.74) is 0. The van der Waals surface area contributed by atoms with Crippen LogP contribution in [0.2, 0.25) is 0 Å². The van der Waals surface area contributed by atoms with Crippen molar-refractivity contribution < 1.29 is 23.1 Å². The van der Waals surface area contributed by atoms with Gasteiger partial charge >= 0.3 is 12.0 Å². The van der Waals surface area contributed by atoms with Crippen LogP contribution < -0.4 is 5.32 Å². The normalized spacial score (nSPS) is 31.9. The van der Waals surface area contributed by atoms with Crippen molar-refractivity contribution in [2.75, 3.05) is 24.6 Å². The van der Waals surface area contributed by atoms with E-state index in [1.54, 1.807) is 4.90 Å². The molecule has 120 valence electrons. The molecule has 21 heavy (non-hydrogen) atoms. The van der Waals surface area contributed by atoms with Gasteiger partial charge in [-0.15, -0.1) is 0 Å². The summed E-state index contributed by atoms with van der Waals surface area (Å²) in [5, 5.41) is 11.8. The minimum Gasteiger partial charge on any atom is -0.481 e. The van der Waals surface area contributed by atoms with E-state index in [0.717, 1.165) is 0 Å². The van der Waals surface area contributed by atoms with Crippen molar-refractivity contribution in [1.82, 2.24) is 10.2 Å². The summed E-state index contributed by atoms with van der Waals surface area (Å²) >= 11 is 0. The molecule has 2 saturated heterocycles. The number of likely N-dealkylation sites (tertiary alicyclic amines) is 1. The summed E-state index contributed by atoms with van der Waals surface area (Å²) in [6.07, 6.45) is 1.52. The van der Waals surface area contributed by atoms with Gasteiger partial charge in [-0.2, -0.15) is 0 Å². The van der Waals surface area contributed by atoms with Crippen LogP contribution in [0.5, 0.6) is 0 Å². The first-order valence-corrected chi connectivity index (χ1v) is 9.08. The van der Waals surface area contributed by atoms with Crippen LogP contribution in [0.4, 0.5) is 4.79 Å². The van der Waals surface area contributed by atoms with Crippen LogP contribution in [0.3, 0.4) is 0 Å². The summed E-state index contributed by atoms with van der Waals surface area (Å²) in [4.78, 5) is 24.7. The van der Waals surface area contributed by atoms with Crippen molar-refractivity contribution in [3.05, 3.63) is 0 Å². The number of nitrogens with one attached hydrogen (secondary N) is 1. The molecule has 2 aliphatic rings. The van der Waals surface area contributed by atoms with Crippen LogP contribution in [0.25, 0.3) is 0 Å². The first kappa shape index (κ1) is 16.1. The molecule has 0 aromatic rings. The van der Waals surface area contributed by atoms with Crippen LogP contribution in [0.15, 0.2) is 0 Å². The third-order valence-electron chi connectivity index (χ3n) is 4.35. The molecular formula is C13H22N2O5S. The lowest BCUT2D eigenvalue weighted by molar-refractivity contribution is -0.143. The molecule has 7 nitrogen and oxygen atoms in total. The number of carboxylic acid groups (broad SMARTS) is 1. The first-order chi connectivity index (χ1) is 9.78.